The van der Waals surface area contributed by atoms with Crippen LogP contribution >= 0.6 is 22.6 Å². The number of anilines is 1. The molecule has 5 nitrogen and oxygen atoms in total. The molecule has 0 fully saturated rings. The molecule has 0 aliphatic rings. The number of amides is 1. The standard InChI is InChI=1S/C19H20INO4/c1-13(22)10-19(23)21(17-7-5-4-6-16(17)20)12-14-8-9-15(24-2)11-18(14)25-3/h4-9,11H,10,12H2,1-3H3. The van der Waals surface area contributed by atoms with Gasteiger partial charge < -0.3 is 14.4 Å². The minimum atomic E-state index is -0.241. The van der Waals surface area contributed by atoms with E-state index in [-0.39, 0.29) is 18.1 Å². The van der Waals surface area contributed by atoms with Crippen LogP contribution in [0, 0.1) is 3.57 Å². The average molecular weight is 453 g/mol. The smallest absolute Gasteiger partial charge is 0.234 e. The third-order valence-electron chi connectivity index (χ3n) is 3.67. The molecule has 2 rings (SSSR count). The Hall–Kier alpha value is -2.09. The molecular weight excluding hydrogens is 433 g/mol. The van der Waals surface area contributed by atoms with Crippen LogP contribution < -0.4 is 14.4 Å². The van der Waals surface area contributed by atoms with E-state index in [1.165, 1.54) is 6.92 Å². The molecule has 0 aliphatic carbocycles. The predicted octanol–water partition coefficient (Wildman–Crippen LogP) is 3.82. The lowest BCUT2D eigenvalue weighted by Gasteiger charge is -2.25. The molecule has 132 valence electrons. The highest BCUT2D eigenvalue weighted by Crippen LogP contribution is 2.30. The first kappa shape index (κ1) is 19.2. The largest absolute Gasteiger partial charge is 0.497 e. The van der Waals surface area contributed by atoms with Gasteiger partial charge in [0, 0.05) is 15.2 Å². The third kappa shape index (κ3) is 4.94. The number of ketones is 1. The summed E-state index contributed by atoms with van der Waals surface area (Å²) in [5, 5.41) is 0. The molecule has 0 heterocycles. The Labute approximate surface area is 161 Å². The molecule has 0 unspecified atom stereocenters. The van der Waals surface area contributed by atoms with Crippen molar-refractivity contribution in [1.29, 1.82) is 0 Å². The summed E-state index contributed by atoms with van der Waals surface area (Å²) in [4.78, 5) is 25.7. The number of Topliss-reactive ketones (excluding diaryl/α,β-unsaturated/α-hetero) is 1. The molecule has 0 radical (unpaired) electrons. The maximum absolute atomic E-state index is 12.7. The van der Waals surface area contributed by atoms with E-state index in [0.29, 0.717) is 18.0 Å². The minimum absolute atomic E-state index is 0.135. The van der Waals surface area contributed by atoms with Crippen molar-refractivity contribution in [1.82, 2.24) is 0 Å². The Bertz CT molecular complexity index is 776. The normalized spacial score (nSPS) is 10.2. The van der Waals surface area contributed by atoms with E-state index in [4.69, 9.17) is 9.47 Å². The fraction of sp³-hybridized carbons (Fsp3) is 0.263. The lowest BCUT2D eigenvalue weighted by molar-refractivity contribution is -0.125. The highest BCUT2D eigenvalue weighted by molar-refractivity contribution is 14.1. The summed E-state index contributed by atoms with van der Waals surface area (Å²) >= 11 is 2.18. The zero-order valence-corrected chi connectivity index (χ0v) is 16.6. The molecule has 1 amide bonds. The molecule has 0 saturated heterocycles. The predicted molar refractivity (Wildman–Crippen MR) is 105 cm³/mol. The maximum Gasteiger partial charge on any atom is 0.234 e. The SMILES string of the molecule is COc1ccc(CN(C(=O)CC(C)=O)c2ccccc2I)c(OC)c1. The summed E-state index contributed by atoms with van der Waals surface area (Å²) in [6.07, 6.45) is -0.135. The van der Waals surface area contributed by atoms with Gasteiger partial charge in [0.2, 0.25) is 5.91 Å². The Morgan fingerprint density at radius 3 is 2.40 bits per heavy atom. The number of halogens is 1. The first-order valence-corrected chi connectivity index (χ1v) is 8.79. The van der Waals surface area contributed by atoms with Crippen molar-refractivity contribution < 1.29 is 19.1 Å². The number of benzene rings is 2. The highest BCUT2D eigenvalue weighted by atomic mass is 127. The Kier molecular flexibility index (Phi) is 6.81. The molecule has 2 aromatic rings. The van der Waals surface area contributed by atoms with E-state index >= 15 is 0 Å². The second kappa shape index (κ2) is 8.84. The summed E-state index contributed by atoms with van der Waals surface area (Å²) < 4.78 is 11.6. The van der Waals surface area contributed by atoms with Crippen LogP contribution in [0.2, 0.25) is 0 Å². The van der Waals surface area contributed by atoms with Crippen LogP contribution in [-0.2, 0) is 16.1 Å². The molecule has 0 N–H and O–H groups in total. The van der Waals surface area contributed by atoms with Crippen molar-refractivity contribution in [3.05, 3.63) is 51.6 Å². The van der Waals surface area contributed by atoms with Gasteiger partial charge in [0.15, 0.2) is 0 Å². The monoisotopic (exact) mass is 453 g/mol. The average Bonchev–Trinajstić information content (AvgIpc) is 2.59. The van der Waals surface area contributed by atoms with Crippen molar-refractivity contribution in [2.45, 2.75) is 19.9 Å². The molecule has 0 spiro atoms. The van der Waals surface area contributed by atoms with Gasteiger partial charge in [-0.1, -0.05) is 12.1 Å². The van der Waals surface area contributed by atoms with Gasteiger partial charge in [-0.3, -0.25) is 9.59 Å². The van der Waals surface area contributed by atoms with E-state index in [9.17, 15) is 9.59 Å². The van der Waals surface area contributed by atoms with E-state index < -0.39 is 0 Å². The van der Waals surface area contributed by atoms with Crippen LogP contribution in [0.4, 0.5) is 5.69 Å². The minimum Gasteiger partial charge on any atom is -0.497 e. The van der Waals surface area contributed by atoms with Crippen LogP contribution in [0.15, 0.2) is 42.5 Å². The zero-order chi connectivity index (χ0) is 18.4. The van der Waals surface area contributed by atoms with Gasteiger partial charge in [-0.05, 0) is 53.8 Å². The first-order valence-electron chi connectivity index (χ1n) is 7.71. The van der Waals surface area contributed by atoms with Gasteiger partial charge in [0.25, 0.3) is 0 Å². The molecule has 0 aliphatic heterocycles. The van der Waals surface area contributed by atoms with Gasteiger partial charge in [0.1, 0.15) is 17.3 Å². The lowest BCUT2D eigenvalue weighted by Crippen LogP contribution is -2.32. The van der Waals surface area contributed by atoms with E-state index in [1.54, 1.807) is 25.2 Å². The van der Waals surface area contributed by atoms with Crippen molar-refractivity contribution in [3.63, 3.8) is 0 Å². The van der Waals surface area contributed by atoms with Crippen LogP contribution in [0.25, 0.3) is 0 Å². The summed E-state index contributed by atoms with van der Waals surface area (Å²) in [7, 11) is 3.16. The molecule has 0 aromatic heterocycles. The number of para-hydroxylation sites is 1. The summed E-state index contributed by atoms with van der Waals surface area (Å²) in [6.45, 7) is 1.72. The number of carbonyl (C=O) groups excluding carboxylic acids is 2. The molecule has 0 bridgehead atoms. The van der Waals surface area contributed by atoms with Crippen molar-refractivity contribution >= 4 is 40.0 Å². The van der Waals surface area contributed by atoms with Gasteiger partial charge in [0.05, 0.1) is 32.9 Å². The van der Waals surface area contributed by atoms with Crippen LogP contribution in [-0.4, -0.2) is 25.9 Å². The van der Waals surface area contributed by atoms with Crippen LogP contribution in [0.1, 0.15) is 18.9 Å². The number of ether oxygens (including phenoxy) is 2. The highest BCUT2D eigenvalue weighted by Gasteiger charge is 2.21. The van der Waals surface area contributed by atoms with Gasteiger partial charge in [-0.2, -0.15) is 0 Å². The lowest BCUT2D eigenvalue weighted by atomic mass is 10.1. The molecular formula is C19H20INO4. The van der Waals surface area contributed by atoms with Gasteiger partial charge in [-0.25, -0.2) is 0 Å². The molecule has 0 saturated carbocycles. The summed E-state index contributed by atoms with van der Waals surface area (Å²) in [6, 6.07) is 13.0. The fourth-order valence-corrected chi connectivity index (χ4v) is 3.12. The number of carbonyl (C=O) groups is 2. The van der Waals surface area contributed by atoms with Crippen molar-refractivity contribution in [2.75, 3.05) is 19.1 Å². The van der Waals surface area contributed by atoms with Crippen molar-refractivity contribution in [3.8, 4) is 11.5 Å². The number of rotatable bonds is 7. The quantitative estimate of drug-likeness (QED) is 0.473. The Morgan fingerprint density at radius 2 is 1.80 bits per heavy atom. The van der Waals surface area contributed by atoms with E-state index in [1.807, 2.05) is 36.4 Å². The van der Waals surface area contributed by atoms with Crippen LogP contribution in [0.5, 0.6) is 11.5 Å². The number of methoxy groups -OCH3 is 2. The molecule has 25 heavy (non-hydrogen) atoms. The Morgan fingerprint density at radius 1 is 1.08 bits per heavy atom. The second-order valence-corrected chi connectivity index (χ2v) is 6.65. The Balaban J connectivity index is 2.41. The van der Waals surface area contributed by atoms with Gasteiger partial charge >= 0.3 is 0 Å². The van der Waals surface area contributed by atoms with Crippen molar-refractivity contribution in [2.24, 2.45) is 0 Å². The van der Waals surface area contributed by atoms with Gasteiger partial charge in [-0.15, -0.1) is 0 Å². The third-order valence-corrected chi connectivity index (χ3v) is 4.58. The summed E-state index contributed by atoms with van der Waals surface area (Å²) in [5.74, 6) is 0.902. The molecule has 6 heteroatoms. The number of nitrogens with zero attached hydrogens (tertiary/aromatic N) is 1. The summed E-state index contributed by atoms with van der Waals surface area (Å²) in [5.41, 5.74) is 1.60. The number of hydrogen-bond acceptors (Lipinski definition) is 4. The van der Waals surface area contributed by atoms with E-state index in [2.05, 4.69) is 22.6 Å². The fourth-order valence-electron chi connectivity index (χ4n) is 2.44. The molecule has 0 atom stereocenters. The maximum atomic E-state index is 12.7. The second-order valence-electron chi connectivity index (χ2n) is 5.49. The molecule has 2 aromatic carbocycles. The first-order chi connectivity index (χ1) is 12.0. The number of hydrogen-bond donors (Lipinski definition) is 0. The topological polar surface area (TPSA) is 55.8 Å². The van der Waals surface area contributed by atoms with Crippen LogP contribution in [0.3, 0.4) is 0 Å². The van der Waals surface area contributed by atoms with E-state index in [0.717, 1.165) is 14.8 Å². The zero-order valence-electron chi connectivity index (χ0n) is 14.4.